The normalized spacial score (nSPS) is 11.6. The summed E-state index contributed by atoms with van der Waals surface area (Å²) in [5.74, 6) is -0.667. The molecular weight excluding hydrogens is 433 g/mol. The molecule has 2 aromatic carbocycles. The lowest BCUT2D eigenvalue weighted by Gasteiger charge is -2.05. The topological polar surface area (TPSA) is 77.2 Å². The third-order valence-corrected chi connectivity index (χ3v) is 6.48. The van der Waals surface area contributed by atoms with Crippen LogP contribution < -0.4 is 0 Å². The van der Waals surface area contributed by atoms with Gasteiger partial charge in [0.05, 0.1) is 11.4 Å². The van der Waals surface area contributed by atoms with Crippen molar-refractivity contribution in [3.8, 4) is 11.5 Å². The Kier molecular flexibility index (Phi) is 6.46. The molecule has 0 N–H and O–H groups in total. The molecule has 0 spiro atoms. The molecule has 0 saturated heterocycles. The van der Waals surface area contributed by atoms with Crippen molar-refractivity contribution in [2.75, 3.05) is 5.75 Å². The van der Waals surface area contributed by atoms with Gasteiger partial charge in [-0.25, -0.2) is 13.4 Å². The Hall–Kier alpha value is -2.15. The van der Waals surface area contributed by atoms with Crippen molar-refractivity contribution in [1.82, 2.24) is 4.98 Å². The average Bonchev–Trinajstić information content (AvgIpc) is 2.97. The van der Waals surface area contributed by atoms with Gasteiger partial charge in [-0.05, 0) is 49.2 Å². The zero-order valence-corrected chi connectivity index (χ0v) is 18.2. The summed E-state index contributed by atoms with van der Waals surface area (Å²) in [7, 11) is -3.73. The molecule has 0 aliphatic rings. The van der Waals surface area contributed by atoms with Crippen LogP contribution in [0.15, 0.2) is 46.9 Å². The van der Waals surface area contributed by atoms with Gasteiger partial charge < -0.3 is 4.42 Å². The molecule has 152 valence electrons. The predicted molar refractivity (Wildman–Crippen MR) is 114 cm³/mol. The van der Waals surface area contributed by atoms with Gasteiger partial charge in [0.1, 0.15) is 11.5 Å². The number of Topliss-reactive ketones (excluding diaryl/α,β-unsaturated/α-hetero) is 1. The van der Waals surface area contributed by atoms with E-state index in [0.717, 1.165) is 11.1 Å². The Morgan fingerprint density at radius 1 is 1.10 bits per heavy atom. The minimum Gasteiger partial charge on any atom is -0.441 e. The van der Waals surface area contributed by atoms with Crippen molar-refractivity contribution in [2.24, 2.45) is 0 Å². The van der Waals surface area contributed by atoms with Gasteiger partial charge in [0.15, 0.2) is 15.6 Å². The molecule has 5 nitrogen and oxygen atoms in total. The molecule has 0 saturated carbocycles. The lowest BCUT2D eigenvalue weighted by molar-refractivity contribution is -0.116. The first-order chi connectivity index (χ1) is 13.6. The quantitative estimate of drug-likeness (QED) is 0.505. The number of carbonyl (C=O) groups excluding carboxylic acids is 1. The fourth-order valence-corrected chi connectivity index (χ4v) is 4.70. The number of sulfone groups is 1. The number of rotatable bonds is 7. The molecule has 8 heteroatoms. The SMILES string of the molecule is Cc1ccccc1-c1nc(CS(=O)(=O)CC(=O)Cc2cc(Cl)ccc2Cl)c(C)o1. The summed E-state index contributed by atoms with van der Waals surface area (Å²) in [4.78, 5) is 16.7. The summed E-state index contributed by atoms with van der Waals surface area (Å²) >= 11 is 12.0. The zero-order chi connectivity index (χ0) is 21.2. The highest BCUT2D eigenvalue weighted by atomic mass is 35.5. The summed E-state index contributed by atoms with van der Waals surface area (Å²) in [6.45, 7) is 3.58. The molecule has 1 heterocycles. The number of oxazole rings is 1. The highest BCUT2D eigenvalue weighted by molar-refractivity contribution is 7.91. The molecule has 0 radical (unpaired) electrons. The second-order valence-corrected chi connectivity index (χ2v) is 9.73. The molecule has 1 aromatic heterocycles. The first kappa shape index (κ1) is 21.6. The molecule has 0 amide bonds. The van der Waals surface area contributed by atoms with Crippen LogP contribution in [-0.4, -0.2) is 24.9 Å². The summed E-state index contributed by atoms with van der Waals surface area (Å²) < 4.78 is 30.8. The zero-order valence-electron chi connectivity index (χ0n) is 15.9. The number of carbonyl (C=O) groups is 1. The monoisotopic (exact) mass is 451 g/mol. The smallest absolute Gasteiger partial charge is 0.226 e. The van der Waals surface area contributed by atoms with Crippen LogP contribution in [0.1, 0.15) is 22.6 Å². The number of halogens is 2. The van der Waals surface area contributed by atoms with Gasteiger partial charge >= 0.3 is 0 Å². The van der Waals surface area contributed by atoms with Crippen LogP contribution in [0.3, 0.4) is 0 Å². The van der Waals surface area contributed by atoms with Crippen LogP contribution in [0.4, 0.5) is 0 Å². The summed E-state index contributed by atoms with van der Waals surface area (Å²) in [6, 6.07) is 12.3. The van der Waals surface area contributed by atoms with Crippen molar-refractivity contribution in [3.63, 3.8) is 0 Å². The van der Waals surface area contributed by atoms with Gasteiger partial charge in [-0.1, -0.05) is 41.4 Å². The van der Waals surface area contributed by atoms with E-state index in [4.69, 9.17) is 27.6 Å². The first-order valence-corrected chi connectivity index (χ1v) is 11.4. The highest BCUT2D eigenvalue weighted by Crippen LogP contribution is 2.26. The van der Waals surface area contributed by atoms with Crippen LogP contribution in [0.5, 0.6) is 0 Å². The van der Waals surface area contributed by atoms with Gasteiger partial charge in [-0.3, -0.25) is 4.79 Å². The number of benzene rings is 2. The molecule has 0 bridgehead atoms. The fraction of sp³-hybridized carbons (Fsp3) is 0.238. The minimum absolute atomic E-state index is 0.106. The van der Waals surface area contributed by atoms with E-state index in [1.165, 1.54) is 0 Å². The molecule has 0 aliphatic carbocycles. The van der Waals surface area contributed by atoms with Crippen LogP contribution in [0.2, 0.25) is 10.0 Å². The Morgan fingerprint density at radius 3 is 2.55 bits per heavy atom. The maximum atomic E-state index is 12.6. The van der Waals surface area contributed by atoms with Gasteiger partial charge in [0.25, 0.3) is 0 Å². The molecule has 29 heavy (non-hydrogen) atoms. The third kappa shape index (κ3) is 5.47. The Bertz CT molecular complexity index is 1170. The van der Waals surface area contributed by atoms with Crippen molar-refractivity contribution in [1.29, 1.82) is 0 Å². The molecule has 0 fully saturated rings. The Morgan fingerprint density at radius 2 is 1.83 bits per heavy atom. The summed E-state index contributed by atoms with van der Waals surface area (Å²) in [6.07, 6.45) is -0.106. The van der Waals surface area contributed by atoms with E-state index in [1.54, 1.807) is 25.1 Å². The van der Waals surface area contributed by atoms with Crippen molar-refractivity contribution in [3.05, 3.63) is 75.1 Å². The Labute approximate surface area is 179 Å². The van der Waals surface area contributed by atoms with E-state index >= 15 is 0 Å². The van der Waals surface area contributed by atoms with E-state index in [2.05, 4.69) is 4.98 Å². The number of hydrogen-bond acceptors (Lipinski definition) is 5. The summed E-state index contributed by atoms with van der Waals surface area (Å²) in [5, 5.41) is 0.803. The number of nitrogens with zero attached hydrogens (tertiary/aromatic N) is 1. The van der Waals surface area contributed by atoms with Crippen LogP contribution in [0.25, 0.3) is 11.5 Å². The number of hydrogen-bond donors (Lipinski definition) is 0. The standard InChI is InChI=1S/C21H19Cl2NO4S/c1-13-5-3-4-6-18(13)21-24-20(14(2)28-21)12-29(26,27)11-17(25)10-15-9-16(22)7-8-19(15)23/h3-9H,10-12H2,1-2H3. The van der Waals surface area contributed by atoms with Crippen LogP contribution in [-0.2, 0) is 26.8 Å². The second-order valence-electron chi connectivity index (χ2n) is 6.82. The number of aryl methyl sites for hydroxylation is 2. The fourth-order valence-electron chi connectivity index (χ4n) is 2.94. The van der Waals surface area contributed by atoms with Gasteiger partial charge in [0, 0.05) is 22.0 Å². The maximum Gasteiger partial charge on any atom is 0.226 e. The minimum atomic E-state index is -3.73. The van der Waals surface area contributed by atoms with Gasteiger partial charge in [-0.2, -0.15) is 0 Å². The van der Waals surface area contributed by atoms with E-state index in [-0.39, 0.29) is 12.2 Å². The van der Waals surface area contributed by atoms with Gasteiger partial charge in [0.2, 0.25) is 5.89 Å². The lowest BCUT2D eigenvalue weighted by Crippen LogP contribution is -2.20. The number of ketones is 1. The van der Waals surface area contributed by atoms with Crippen molar-refractivity contribution in [2.45, 2.75) is 26.0 Å². The molecular formula is C21H19Cl2NO4S. The molecule has 3 aromatic rings. The van der Waals surface area contributed by atoms with E-state index in [0.29, 0.717) is 33.0 Å². The molecule has 0 unspecified atom stereocenters. The third-order valence-electron chi connectivity index (χ3n) is 4.40. The van der Waals surface area contributed by atoms with E-state index in [1.807, 2.05) is 31.2 Å². The Balaban J connectivity index is 1.73. The maximum absolute atomic E-state index is 12.6. The van der Waals surface area contributed by atoms with E-state index < -0.39 is 21.4 Å². The van der Waals surface area contributed by atoms with Gasteiger partial charge in [-0.15, -0.1) is 0 Å². The van der Waals surface area contributed by atoms with Crippen LogP contribution >= 0.6 is 23.2 Å². The molecule has 0 atom stereocenters. The average molecular weight is 452 g/mol. The molecule has 0 aliphatic heterocycles. The van der Waals surface area contributed by atoms with Crippen molar-refractivity contribution >= 4 is 38.8 Å². The van der Waals surface area contributed by atoms with Crippen molar-refractivity contribution < 1.29 is 17.6 Å². The predicted octanol–water partition coefficient (Wildman–Crippen LogP) is 4.99. The second kappa shape index (κ2) is 8.69. The summed E-state index contributed by atoms with van der Waals surface area (Å²) in [5.41, 5.74) is 2.57. The molecule has 3 rings (SSSR count). The highest BCUT2D eigenvalue weighted by Gasteiger charge is 2.23. The first-order valence-electron chi connectivity index (χ1n) is 8.83. The lowest BCUT2D eigenvalue weighted by atomic mass is 10.1. The largest absolute Gasteiger partial charge is 0.441 e. The van der Waals surface area contributed by atoms with E-state index in [9.17, 15) is 13.2 Å². The number of aromatic nitrogens is 1. The van der Waals surface area contributed by atoms with Crippen LogP contribution in [0, 0.1) is 13.8 Å².